The molecule has 2 unspecified atom stereocenters. The van der Waals surface area contributed by atoms with Gasteiger partial charge in [0.25, 0.3) is 0 Å². The van der Waals surface area contributed by atoms with E-state index < -0.39 is 0 Å². The number of ether oxygens (including phenoxy) is 4. The van der Waals surface area contributed by atoms with E-state index in [1.165, 1.54) is 18.4 Å². The molecule has 7 nitrogen and oxygen atoms in total. The van der Waals surface area contributed by atoms with Gasteiger partial charge in [-0.15, -0.1) is 0 Å². The monoisotopic (exact) mass is 436 g/mol. The fourth-order valence-corrected chi connectivity index (χ4v) is 5.93. The Morgan fingerprint density at radius 3 is 2.71 bits per heavy atom. The lowest BCUT2D eigenvalue weighted by Gasteiger charge is -2.42. The summed E-state index contributed by atoms with van der Waals surface area (Å²) >= 11 is 0. The molecule has 4 rings (SSSR count). The van der Waals surface area contributed by atoms with Crippen LogP contribution in [-0.2, 0) is 18.9 Å². The van der Waals surface area contributed by atoms with Gasteiger partial charge in [0.1, 0.15) is 23.4 Å². The summed E-state index contributed by atoms with van der Waals surface area (Å²) in [5, 5.41) is 2.96. The van der Waals surface area contributed by atoms with Crippen LogP contribution in [-0.4, -0.2) is 80.4 Å². The van der Waals surface area contributed by atoms with Crippen molar-refractivity contribution >= 4 is 6.09 Å². The van der Waals surface area contributed by atoms with E-state index in [0.29, 0.717) is 12.6 Å². The Labute approximate surface area is 186 Å². The summed E-state index contributed by atoms with van der Waals surface area (Å²) in [6.07, 6.45) is 7.44. The molecule has 0 radical (unpaired) electrons. The van der Waals surface area contributed by atoms with E-state index in [9.17, 15) is 4.79 Å². The van der Waals surface area contributed by atoms with Crippen LogP contribution in [0.1, 0.15) is 59.3 Å². The van der Waals surface area contributed by atoms with Gasteiger partial charge in [-0.3, -0.25) is 0 Å². The molecule has 0 aromatic carbocycles. The molecular formula is C24H40N2O5. The molecule has 4 fully saturated rings. The zero-order valence-corrected chi connectivity index (χ0v) is 19.8. The first-order chi connectivity index (χ1) is 14.8. The summed E-state index contributed by atoms with van der Waals surface area (Å²) < 4.78 is 24.0. The Balaban J connectivity index is 1.34. The number of allylic oxidation sites excluding steroid dienone is 1. The smallest absolute Gasteiger partial charge is 0.407 e. The normalized spacial score (nSPS) is 41.8. The minimum absolute atomic E-state index is 0.0549. The number of likely N-dealkylation sites (tertiary alicyclic amines) is 1. The summed E-state index contributed by atoms with van der Waals surface area (Å²) in [7, 11) is 3.86. The van der Waals surface area contributed by atoms with Crippen LogP contribution >= 0.6 is 0 Å². The average Bonchev–Trinajstić information content (AvgIpc) is 3.59. The van der Waals surface area contributed by atoms with Crippen molar-refractivity contribution in [2.75, 3.05) is 33.9 Å². The molecule has 1 saturated carbocycles. The summed E-state index contributed by atoms with van der Waals surface area (Å²) in [6.45, 7) is 8.90. The SMILES string of the molecule is CO[C@@H]1[C@H](OC(=O)NCCC2CCCN2C)CC[C@]2(CO2)[C@H]1[C@@]1(C)OC1CC=C(C)C. The Kier molecular flexibility index (Phi) is 6.69. The van der Waals surface area contributed by atoms with E-state index >= 15 is 0 Å². The molecule has 176 valence electrons. The third kappa shape index (κ3) is 4.80. The second kappa shape index (κ2) is 9.00. The Morgan fingerprint density at radius 2 is 2.10 bits per heavy atom. The number of methoxy groups -OCH3 is 1. The number of hydrogen-bond acceptors (Lipinski definition) is 6. The first kappa shape index (κ1) is 23.0. The topological polar surface area (TPSA) is 75.9 Å². The van der Waals surface area contributed by atoms with Crippen LogP contribution in [0.3, 0.4) is 0 Å². The molecular weight excluding hydrogens is 396 g/mol. The third-order valence-corrected chi connectivity index (χ3v) is 7.91. The molecule has 7 heteroatoms. The summed E-state index contributed by atoms with van der Waals surface area (Å²) in [4.78, 5) is 14.9. The van der Waals surface area contributed by atoms with E-state index in [1.54, 1.807) is 7.11 Å². The van der Waals surface area contributed by atoms with Gasteiger partial charge in [0.2, 0.25) is 0 Å². The van der Waals surface area contributed by atoms with Crippen LogP contribution in [0, 0.1) is 5.92 Å². The lowest BCUT2D eigenvalue weighted by Crippen LogP contribution is -2.56. The predicted octanol–water partition coefficient (Wildman–Crippen LogP) is 3.27. The van der Waals surface area contributed by atoms with E-state index in [4.69, 9.17) is 18.9 Å². The number of rotatable bonds is 8. The van der Waals surface area contributed by atoms with Crippen LogP contribution in [0.2, 0.25) is 0 Å². The molecule has 3 saturated heterocycles. The lowest BCUT2D eigenvalue weighted by atomic mass is 9.68. The number of alkyl carbamates (subject to hydrolysis) is 1. The fourth-order valence-electron chi connectivity index (χ4n) is 5.93. The van der Waals surface area contributed by atoms with E-state index in [2.05, 4.69) is 44.1 Å². The molecule has 7 atom stereocenters. The van der Waals surface area contributed by atoms with E-state index in [-0.39, 0.29) is 41.5 Å². The Bertz CT molecular complexity index is 689. The van der Waals surface area contributed by atoms with Gasteiger partial charge in [0, 0.05) is 19.7 Å². The summed E-state index contributed by atoms with van der Waals surface area (Å²) in [5.41, 5.74) is 0.789. The molecule has 1 N–H and O–H groups in total. The van der Waals surface area contributed by atoms with Gasteiger partial charge in [0.15, 0.2) is 0 Å². The lowest BCUT2D eigenvalue weighted by molar-refractivity contribution is -0.118. The number of carbonyl (C=O) groups excluding carboxylic acids is 1. The fraction of sp³-hybridized carbons (Fsp3) is 0.875. The van der Waals surface area contributed by atoms with Crippen LogP contribution in [0.15, 0.2) is 11.6 Å². The number of carbonyl (C=O) groups is 1. The molecule has 3 heterocycles. The van der Waals surface area contributed by atoms with Gasteiger partial charge >= 0.3 is 6.09 Å². The highest BCUT2D eigenvalue weighted by Crippen LogP contribution is 2.59. The van der Waals surface area contributed by atoms with Crippen molar-refractivity contribution in [1.82, 2.24) is 10.2 Å². The maximum atomic E-state index is 12.5. The van der Waals surface area contributed by atoms with Crippen LogP contribution < -0.4 is 5.32 Å². The van der Waals surface area contributed by atoms with Crippen LogP contribution in [0.4, 0.5) is 4.79 Å². The van der Waals surface area contributed by atoms with Gasteiger partial charge < -0.3 is 29.2 Å². The number of epoxide rings is 2. The molecule has 4 aliphatic rings. The minimum atomic E-state index is -0.345. The third-order valence-electron chi connectivity index (χ3n) is 7.91. The average molecular weight is 437 g/mol. The maximum absolute atomic E-state index is 12.5. The van der Waals surface area contributed by atoms with E-state index in [1.807, 2.05) is 0 Å². The zero-order chi connectivity index (χ0) is 22.2. The summed E-state index contributed by atoms with van der Waals surface area (Å²) in [6, 6.07) is 0.558. The standard InChI is InChI=1S/C24H40N2O5/c1-16(2)8-9-19-23(3,31-19)21-20(28-5)18(10-12-24(21)15-29-24)30-22(27)25-13-11-17-7-6-14-26(17)4/h8,17-21H,6-7,9-15H2,1-5H3,(H,25,27)/t17?,18-,19?,20-,21-,23+,24+/m1/s1. The van der Waals surface area contributed by atoms with Gasteiger partial charge in [-0.05, 0) is 72.9 Å². The highest BCUT2D eigenvalue weighted by Gasteiger charge is 2.72. The van der Waals surface area contributed by atoms with Crippen molar-refractivity contribution in [2.45, 2.75) is 94.9 Å². The molecule has 1 spiro atoms. The van der Waals surface area contributed by atoms with Crippen molar-refractivity contribution < 1.29 is 23.7 Å². The molecule has 1 aliphatic carbocycles. The van der Waals surface area contributed by atoms with Crippen molar-refractivity contribution in [3.05, 3.63) is 11.6 Å². The maximum Gasteiger partial charge on any atom is 0.407 e. The van der Waals surface area contributed by atoms with Gasteiger partial charge in [-0.1, -0.05) is 11.6 Å². The van der Waals surface area contributed by atoms with Crippen molar-refractivity contribution in [2.24, 2.45) is 5.92 Å². The van der Waals surface area contributed by atoms with Gasteiger partial charge in [-0.25, -0.2) is 4.79 Å². The molecule has 31 heavy (non-hydrogen) atoms. The Morgan fingerprint density at radius 1 is 1.32 bits per heavy atom. The van der Waals surface area contributed by atoms with Gasteiger partial charge in [-0.2, -0.15) is 0 Å². The van der Waals surface area contributed by atoms with Crippen molar-refractivity contribution in [3.8, 4) is 0 Å². The summed E-state index contributed by atoms with van der Waals surface area (Å²) in [5.74, 6) is 0.0549. The molecule has 3 aliphatic heterocycles. The zero-order valence-electron chi connectivity index (χ0n) is 19.8. The second-order valence-corrected chi connectivity index (χ2v) is 10.3. The quantitative estimate of drug-likeness (QED) is 0.465. The molecule has 0 aromatic rings. The molecule has 0 bridgehead atoms. The molecule has 0 aromatic heterocycles. The second-order valence-electron chi connectivity index (χ2n) is 10.3. The number of hydrogen-bond donors (Lipinski definition) is 1. The van der Waals surface area contributed by atoms with Crippen LogP contribution in [0.25, 0.3) is 0 Å². The number of nitrogens with zero attached hydrogens (tertiary/aromatic N) is 1. The van der Waals surface area contributed by atoms with Crippen molar-refractivity contribution in [1.29, 1.82) is 0 Å². The first-order valence-corrected chi connectivity index (χ1v) is 11.9. The van der Waals surface area contributed by atoms with Crippen LogP contribution in [0.5, 0.6) is 0 Å². The number of nitrogens with one attached hydrogen (secondary N) is 1. The number of amides is 1. The molecule has 1 amide bonds. The van der Waals surface area contributed by atoms with E-state index in [0.717, 1.165) is 38.8 Å². The largest absolute Gasteiger partial charge is 0.443 e. The van der Waals surface area contributed by atoms with Crippen molar-refractivity contribution in [3.63, 3.8) is 0 Å². The first-order valence-electron chi connectivity index (χ1n) is 11.9. The Hall–Kier alpha value is -1.15. The highest BCUT2D eigenvalue weighted by atomic mass is 16.6. The predicted molar refractivity (Wildman–Crippen MR) is 118 cm³/mol. The minimum Gasteiger partial charge on any atom is -0.443 e. The highest BCUT2D eigenvalue weighted by molar-refractivity contribution is 5.67. The van der Waals surface area contributed by atoms with Gasteiger partial charge in [0.05, 0.1) is 18.6 Å².